The Kier molecular flexibility index (Phi) is 8.34. The van der Waals surface area contributed by atoms with Crippen LogP contribution in [0.1, 0.15) is 44.9 Å². The number of aryl methyl sites for hydroxylation is 1. The number of fused-ring (bicyclic) bond motifs is 1. The molecule has 1 aliphatic rings. The maximum absolute atomic E-state index is 13.2. The number of anilines is 1. The molecule has 8 nitrogen and oxygen atoms in total. The zero-order valence-electron chi connectivity index (χ0n) is 24.6. The first kappa shape index (κ1) is 29.4. The molecular weight excluding hydrogens is 558 g/mol. The Labute approximate surface area is 250 Å². The van der Waals surface area contributed by atoms with Crippen molar-refractivity contribution in [1.82, 2.24) is 19.9 Å². The SMILES string of the molecule is COC(=O)[C@@H](OC(C)(C)C)c1c(C)cc2nc(-c3ccnc(N4CCN(C)[C@H](C)C4)n3)sc2c1-c1ccc(Cl)cc1. The van der Waals surface area contributed by atoms with E-state index in [0.29, 0.717) is 17.0 Å². The van der Waals surface area contributed by atoms with Gasteiger partial charge < -0.3 is 19.3 Å². The molecule has 1 fully saturated rings. The zero-order valence-corrected chi connectivity index (χ0v) is 26.1. The number of piperazine rings is 1. The van der Waals surface area contributed by atoms with Gasteiger partial charge in [0.2, 0.25) is 5.95 Å². The molecule has 5 rings (SSSR count). The van der Waals surface area contributed by atoms with Crippen LogP contribution in [-0.4, -0.2) is 71.3 Å². The Bertz CT molecular complexity index is 1570. The number of esters is 1. The highest BCUT2D eigenvalue weighted by Crippen LogP contribution is 2.44. The minimum absolute atomic E-state index is 0.417. The van der Waals surface area contributed by atoms with E-state index in [9.17, 15) is 4.79 Å². The van der Waals surface area contributed by atoms with Crippen LogP contribution in [0.4, 0.5) is 5.95 Å². The molecule has 0 aliphatic carbocycles. The number of aromatic nitrogens is 3. The second kappa shape index (κ2) is 11.6. The van der Waals surface area contributed by atoms with Gasteiger partial charge in [-0.15, -0.1) is 11.3 Å². The van der Waals surface area contributed by atoms with Crippen LogP contribution in [0.15, 0.2) is 42.6 Å². The fourth-order valence-corrected chi connectivity index (χ4v) is 6.32. The number of likely N-dealkylation sites (N-methyl/N-ethyl adjacent to an activating group) is 1. The summed E-state index contributed by atoms with van der Waals surface area (Å²) in [7, 11) is 3.53. The van der Waals surface area contributed by atoms with Crippen molar-refractivity contribution >= 4 is 45.1 Å². The summed E-state index contributed by atoms with van der Waals surface area (Å²) in [6.07, 6.45) is 0.874. The molecule has 0 unspecified atom stereocenters. The van der Waals surface area contributed by atoms with Crippen LogP contribution in [0.5, 0.6) is 0 Å². The molecule has 41 heavy (non-hydrogen) atoms. The summed E-state index contributed by atoms with van der Waals surface area (Å²) in [5.74, 6) is 0.255. The predicted octanol–water partition coefficient (Wildman–Crippen LogP) is 6.55. The third-order valence-electron chi connectivity index (χ3n) is 7.31. The van der Waals surface area contributed by atoms with Crippen molar-refractivity contribution in [1.29, 1.82) is 0 Å². The molecule has 2 aromatic carbocycles. The molecular formula is C31H36ClN5O3S. The van der Waals surface area contributed by atoms with Crippen molar-refractivity contribution in [3.63, 3.8) is 0 Å². The van der Waals surface area contributed by atoms with Gasteiger partial charge in [0.05, 0.1) is 22.9 Å². The average Bonchev–Trinajstić information content (AvgIpc) is 3.36. The van der Waals surface area contributed by atoms with Crippen molar-refractivity contribution in [2.24, 2.45) is 0 Å². The van der Waals surface area contributed by atoms with Crippen molar-refractivity contribution in [3.8, 4) is 21.8 Å². The van der Waals surface area contributed by atoms with Crippen molar-refractivity contribution in [2.45, 2.75) is 52.4 Å². The van der Waals surface area contributed by atoms with E-state index in [1.807, 2.05) is 64.1 Å². The molecule has 2 atom stereocenters. The van der Waals surface area contributed by atoms with E-state index in [-0.39, 0.29) is 0 Å². The van der Waals surface area contributed by atoms with Crippen LogP contribution in [0.2, 0.25) is 5.02 Å². The Morgan fingerprint density at radius 1 is 1.15 bits per heavy atom. The van der Waals surface area contributed by atoms with Crippen molar-refractivity contribution in [2.75, 3.05) is 38.7 Å². The monoisotopic (exact) mass is 593 g/mol. The first-order valence-corrected chi connectivity index (χ1v) is 14.9. The first-order chi connectivity index (χ1) is 19.4. The lowest BCUT2D eigenvalue weighted by molar-refractivity contribution is -0.164. The molecule has 1 aliphatic heterocycles. The largest absolute Gasteiger partial charge is 0.467 e. The van der Waals surface area contributed by atoms with Crippen LogP contribution in [0, 0.1) is 6.92 Å². The van der Waals surface area contributed by atoms with Crippen molar-refractivity contribution < 1.29 is 14.3 Å². The van der Waals surface area contributed by atoms with Gasteiger partial charge in [0, 0.05) is 48.0 Å². The van der Waals surface area contributed by atoms with E-state index in [2.05, 4.69) is 28.8 Å². The number of carbonyl (C=O) groups excluding carboxylic acids is 1. The molecule has 10 heteroatoms. The topological polar surface area (TPSA) is 80.7 Å². The lowest BCUT2D eigenvalue weighted by Crippen LogP contribution is -2.50. The highest BCUT2D eigenvalue weighted by molar-refractivity contribution is 7.22. The normalized spacial score (nSPS) is 17.2. The molecule has 0 saturated carbocycles. The highest BCUT2D eigenvalue weighted by atomic mass is 35.5. The molecule has 3 heterocycles. The van der Waals surface area contributed by atoms with E-state index in [1.165, 1.54) is 7.11 Å². The molecule has 2 aromatic heterocycles. The number of rotatable bonds is 6. The Morgan fingerprint density at radius 3 is 2.54 bits per heavy atom. The maximum Gasteiger partial charge on any atom is 0.339 e. The summed E-state index contributed by atoms with van der Waals surface area (Å²) < 4.78 is 12.5. The van der Waals surface area contributed by atoms with Gasteiger partial charge in [0.1, 0.15) is 10.7 Å². The second-order valence-electron chi connectivity index (χ2n) is 11.5. The Hall–Kier alpha value is -3.11. The Balaban J connectivity index is 1.67. The smallest absolute Gasteiger partial charge is 0.339 e. The number of thiazole rings is 1. The summed E-state index contributed by atoms with van der Waals surface area (Å²) in [5.41, 5.74) is 4.43. The standard InChI is InChI=1S/C31H36ClN5O3S/c1-18-16-23-27(41-28(34-23)22-12-13-33-30(35-22)37-15-14-36(6)19(2)17-37)25(20-8-10-21(32)11-9-20)24(18)26(29(38)39-7)40-31(3,4)5/h8-13,16,19,26H,14-15,17H2,1-7H3/t19-,26+/m1/s1. The second-order valence-corrected chi connectivity index (χ2v) is 12.9. The number of nitrogens with zero attached hydrogens (tertiary/aromatic N) is 5. The van der Waals surface area contributed by atoms with Crippen LogP contribution < -0.4 is 4.90 Å². The number of carbonyl (C=O) groups is 1. The lowest BCUT2D eigenvalue weighted by Gasteiger charge is -2.37. The van der Waals surface area contributed by atoms with Crippen LogP contribution in [0.3, 0.4) is 0 Å². The van der Waals surface area contributed by atoms with Gasteiger partial charge in [-0.25, -0.2) is 19.7 Å². The molecule has 0 bridgehead atoms. The van der Waals surface area contributed by atoms with Crippen molar-refractivity contribution in [3.05, 3.63) is 58.7 Å². The molecule has 0 radical (unpaired) electrons. The minimum atomic E-state index is -0.925. The van der Waals surface area contributed by atoms with Gasteiger partial charge in [-0.3, -0.25) is 0 Å². The van der Waals surface area contributed by atoms with Crippen LogP contribution in [-0.2, 0) is 14.3 Å². The van der Waals surface area contributed by atoms with E-state index < -0.39 is 17.7 Å². The number of halogens is 1. The number of benzene rings is 2. The van der Waals surface area contributed by atoms with Gasteiger partial charge in [0.15, 0.2) is 6.10 Å². The lowest BCUT2D eigenvalue weighted by atomic mass is 9.91. The van der Waals surface area contributed by atoms with Gasteiger partial charge in [0.25, 0.3) is 0 Å². The number of methoxy groups -OCH3 is 1. The highest BCUT2D eigenvalue weighted by Gasteiger charge is 2.33. The van der Waals surface area contributed by atoms with Crippen LogP contribution >= 0.6 is 22.9 Å². The number of hydrogen-bond acceptors (Lipinski definition) is 9. The molecule has 216 valence electrons. The predicted molar refractivity (Wildman–Crippen MR) is 166 cm³/mol. The molecule has 4 aromatic rings. The Morgan fingerprint density at radius 2 is 1.88 bits per heavy atom. The number of hydrogen-bond donors (Lipinski definition) is 0. The van der Waals surface area contributed by atoms with Gasteiger partial charge in [-0.05, 0) is 77.1 Å². The minimum Gasteiger partial charge on any atom is -0.467 e. The van der Waals surface area contributed by atoms with Gasteiger partial charge >= 0.3 is 5.97 Å². The van der Waals surface area contributed by atoms with E-state index in [4.69, 9.17) is 31.0 Å². The van der Waals surface area contributed by atoms with E-state index in [1.54, 1.807) is 17.5 Å². The summed E-state index contributed by atoms with van der Waals surface area (Å²) in [4.78, 5) is 32.3. The third kappa shape index (κ3) is 6.23. The van der Waals surface area contributed by atoms with Gasteiger partial charge in [-0.1, -0.05) is 23.7 Å². The molecule has 1 saturated heterocycles. The fourth-order valence-electron chi connectivity index (χ4n) is 5.10. The molecule has 0 spiro atoms. The third-order valence-corrected chi connectivity index (χ3v) is 8.68. The average molecular weight is 594 g/mol. The summed E-state index contributed by atoms with van der Waals surface area (Å²) in [5, 5.41) is 1.41. The van der Waals surface area contributed by atoms with E-state index in [0.717, 1.165) is 62.8 Å². The molecule has 0 N–H and O–H groups in total. The van der Waals surface area contributed by atoms with Crippen LogP contribution in [0.25, 0.3) is 32.0 Å². The molecule has 0 amide bonds. The first-order valence-electron chi connectivity index (χ1n) is 13.7. The maximum atomic E-state index is 13.2. The number of ether oxygens (including phenoxy) is 2. The summed E-state index contributed by atoms with van der Waals surface area (Å²) in [6.45, 7) is 12.7. The summed E-state index contributed by atoms with van der Waals surface area (Å²) >= 11 is 7.80. The van der Waals surface area contributed by atoms with Gasteiger partial charge in [-0.2, -0.15) is 0 Å². The van der Waals surface area contributed by atoms with E-state index >= 15 is 0 Å². The summed E-state index contributed by atoms with van der Waals surface area (Å²) in [6, 6.07) is 11.9. The quantitative estimate of drug-likeness (QED) is 0.233. The fraction of sp³-hybridized carbons (Fsp3) is 0.419. The zero-order chi connectivity index (χ0) is 29.5.